The first kappa shape index (κ1) is 27.6. The molecule has 0 fully saturated rings. The predicted molar refractivity (Wildman–Crippen MR) is 153 cm³/mol. The molecule has 40 heavy (non-hydrogen) atoms. The summed E-state index contributed by atoms with van der Waals surface area (Å²) in [5.41, 5.74) is 2.32. The molecule has 1 aliphatic rings. The minimum absolute atomic E-state index is 0.109. The molecular formula is C31H31O8P. The van der Waals surface area contributed by atoms with Gasteiger partial charge in [-0.15, -0.1) is 0 Å². The summed E-state index contributed by atoms with van der Waals surface area (Å²) in [7, 11) is -0.638. The highest BCUT2D eigenvalue weighted by Crippen LogP contribution is 2.66. The number of benzene rings is 4. The van der Waals surface area contributed by atoms with Gasteiger partial charge in [-0.1, -0.05) is 48.5 Å². The van der Waals surface area contributed by atoms with Crippen molar-refractivity contribution in [2.75, 3.05) is 40.6 Å². The van der Waals surface area contributed by atoms with Crippen molar-refractivity contribution in [3.05, 3.63) is 96.1 Å². The molecule has 0 radical (unpaired) electrons. The van der Waals surface area contributed by atoms with Crippen LogP contribution in [0.4, 0.5) is 0 Å². The van der Waals surface area contributed by atoms with Gasteiger partial charge >= 0.3 is 0 Å². The van der Waals surface area contributed by atoms with Crippen LogP contribution in [-0.4, -0.2) is 50.9 Å². The van der Waals surface area contributed by atoms with Crippen molar-refractivity contribution in [1.82, 2.24) is 0 Å². The van der Waals surface area contributed by atoms with E-state index in [2.05, 4.69) is 0 Å². The lowest BCUT2D eigenvalue weighted by molar-refractivity contribution is 0.196. The second-order valence-corrected chi connectivity index (χ2v) is 11.4. The highest BCUT2D eigenvalue weighted by molar-refractivity contribution is 7.68. The van der Waals surface area contributed by atoms with Gasteiger partial charge in [-0.3, -0.25) is 4.57 Å². The molecule has 208 valence electrons. The van der Waals surface area contributed by atoms with Crippen molar-refractivity contribution in [1.29, 1.82) is 0 Å². The molecule has 5 rings (SSSR count). The molecule has 8 nitrogen and oxygen atoms in total. The minimum atomic E-state index is -3.70. The predicted octanol–water partition coefficient (Wildman–Crippen LogP) is 5.20. The van der Waals surface area contributed by atoms with Crippen LogP contribution in [0.1, 0.15) is 16.8 Å². The van der Waals surface area contributed by atoms with Crippen LogP contribution >= 0.6 is 7.37 Å². The molecule has 0 bridgehead atoms. The summed E-state index contributed by atoms with van der Waals surface area (Å²) in [6.07, 6.45) is 0. The number of methoxy groups -OCH3 is 2. The first-order chi connectivity index (χ1) is 19.5. The Morgan fingerprint density at radius 3 is 1.77 bits per heavy atom. The highest BCUT2D eigenvalue weighted by atomic mass is 31.2. The zero-order valence-corrected chi connectivity index (χ0v) is 23.2. The third-order valence-corrected chi connectivity index (χ3v) is 9.50. The lowest BCUT2D eigenvalue weighted by Gasteiger charge is -2.34. The Balaban J connectivity index is 1.72. The largest absolute Gasteiger partial charge is 0.493 e. The van der Waals surface area contributed by atoms with E-state index in [0.29, 0.717) is 45.2 Å². The van der Waals surface area contributed by atoms with E-state index in [1.54, 1.807) is 24.3 Å². The fourth-order valence-electron chi connectivity index (χ4n) is 4.97. The van der Waals surface area contributed by atoms with Gasteiger partial charge in [0.1, 0.15) is 24.6 Å². The van der Waals surface area contributed by atoms with Crippen molar-refractivity contribution < 1.29 is 38.2 Å². The zero-order valence-electron chi connectivity index (χ0n) is 22.3. The molecule has 0 aromatic heterocycles. The van der Waals surface area contributed by atoms with Crippen LogP contribution in [0, 0.1) is 0 Å². The van der Waals surface area contributed by atoms with Gasteiger partial charge < -0.3 is 33.7 Å². The van der Waals surface area contributed by atoms with Gasteiger partial charge in [0.15, 0.2) is 23.0 Å². The number of aliphatic hydroxyl groups is 2. The van der Waals surface area contributed by atoms with Gasteiger partial charge in [-0.25, -0.2) is 0 Å². The molecule has 4 aromatic rings. The van der Waals surface area contributed by atoms with Crippen LogP contribution < -0.4 is 28.8 Å². The summed E-state index contributed by atoms with van der Waals surface area (Å²) >= 11 is 0. The van der Waals surface area contributed by atoms with Crippen molar-refractivity contribution >= 4 is 12.7 Å². The summed E-state index contributed by atoms with van der Waals surface area (Å²) in [4.78, 5) is 0. The van der Waals surface area contributed by atoms with E-state index in [9.17, 15) is 10.2 Å². The third kappa shape index (κ3) is 5.13. The first-order valence-electron chi connectivity index (χ1n) is 12.9. The fraction of sp³-hybridized carbons (Fsp3) is 0.226. The standard InChI is InChI=1S/C31H31O8P/c1-35-28-19-21(11-13-26(28)37-17-15-32)31(22-12-14-27(38-18-16-33)29(20-22)36-2)40(34)30-10-6-4-8-24(30)23-7-3-5-9-25(23)39-40/h3-14,19-20,31-33H,15-18H2,1-2H3. The van der Waals surface area contributed by atoms with Crippen molar-refractivity contribution in [3.8, 4) is 39.9 Å². The Kier molecular flexibility index (Phi) is 8.31. The molecule has 1 aliphatic heterocycles. The maximum absolute atomic E-state index is 15.4. The number of hydrogen-bond acceptors (Lipinski definition) is 8. The lowest BCUT2D eigenvalue weighted by Crippen LogP contribution is -2.23. The number of fused-ring (bicyclic) bond motifs is 3. The Morgan fingerprint density at radius 1 is 0.700 bits per heavy atom. The van der Waals surface area contributed by atoms with Gasteiger partial charge in [-0.2, -0.15) is 0 Å². The Labute approximate surface area is 233 Å². The zero-order chi connectivity index (χ0) is 28.1. The normalized spacial score (nSPS) is 15.5. The fourth-order valence-corrected chi connectivity index (χ4v) is 7.84. The van der Waals surface area contributed by atoms with Gasteiger partial charge in [0.05, 0.1) is 32.7 Å². The topological polar surface area (TPSA) is 104 Å². The summed E-state index contributed by atoms with van der Waals surface area (Å²) in [6, 6.07) is 25.9. The average Bonchev–Trinajstić information content (AvgIpc) is 2.99. The molecule has 9 heteroatoms. The molecule has 1 atom stereocenters. The molecule has 0 spiro atoms. The van der Waals surface area contributed by atoms with Gasteiger partial charge in [0, 0.05) is 5.56 Å². The van der Waals surface area contributed by atoms with E-state index < -0.39 is 13.0 Å². The monoisotopic (exact) mass is 562 g/mol. The maximum atomic E-state index is 15.4. The van der Waals surface area contributed by atoms with Crippen molar-refractivity contribution in [3.63, 3.8) is 0 Å². The summed E-state index contributed by atoms with van der Waals surface area (Å²) < 4.78 is 44.4. The number of hydrogen-bond donors (Lipinski definition) is 2. The van der Waals surface area contributed by atoms with Crippen molar-refractivity contribution in [2.24, 2.45) is 0 Å². The van der Waals surface area contributed by atoms with Crippen LogP contribution in [0.2, 0.25) is 0 Å². The molecule has 0 amide bonds. The third-order valence-electron chi connectivity index (χ3n) is 6.70. The molecule has 0 aliphatic carbocycles. The van der Waals surface area contributed by atoms with Crippen LogP contribution in [-0.2, 0) is 4.57 Å². The Bertz CT molecular complexity index is 1480. The number of aliphatic hydroxyl groups excluding tert-OH is 2. The average molecular weight is 563 g/mol. The minimum Gasteiger partial charge on any atom is -0.493 e. The van der Waals surface area contributed by atoms with Crippen molar-refractivity contribution in [2.45, 2.75) is 5.66 Å². The SMILES string of the molecule is COc1cc(C(c2ccc(OCCO)c(OC)c2)P2(=O)Oc3ccccc3-c3ccccc32)ccc1OCCO. The second-order valence-electron chi connectivity index (χ2n) is 9.07. The van der Waals surface area contributed by atoms with Gasteiger partial charge in [0.2, 0.25) is 0 Å². The smallest absolute Gasteiger partial charge is 0.289 e. The highest BCUT2D eigenvalue weighted by Gasteiger charge is 2.45. The van der Waals surface area contributed by atoms with E-state index in [4.69, 9.17) is 23.5 Å². The molecule has 4 aromatic carbocycles. The molecule has 1 unspecified atom stereocenters. The summed E-state index contributed by atoms with van der Waals surface area (Å²) in [6.45, 7) is -0.0661. The lowest BCUT2D eigenvalue weighted by atomic mass is 10.0. The van der Waals surface area contributed by atoms with Gasteiger partial charge in [0.25, 0.3) is 7.37 Å². The van der Waals surface area contributed by atoms with E-state index in [-0.39, 0.29) is 26.4 Å². The van der Waals surface area contributed by atoms with Gasteiger partial charge in [-0.05, 0) is 53.1 Å². The Morgan fingerprint density at radius 2 is 1.23 bits per heavy atom. The second kappa shape index (κ2) is 12.0. The molecule has 0 saturated carbocycles. The summed E-state index contributed by atoms with van der Waals surface area (Å²) in [5, 5.41) is 19.1. The van der Waals surface area contributed by atoms with Crippen LogP contribution in [0.5, 0.6) is 28.7 Å². The van der Waals surface area contributed by atoms with E-state index in [0.717, 1.165) is 11.1 Å². The number of ether oxygens (including phenoxy) is 4. The van der Waals surface area contributed by atoms with Crippen LogP contribution in [0.3, 0.4) is 0 Å². The molecule has 2 N–H and O–H groups in total. The Hall–Kier alpha value is -3.97. The number of rotatable bonds is 11. The van der Waals surface area contributed by atoms with Crippen LogP contribution in [0.25, 0.3) is 11.1 Å². The van der Waals surface area contributed by atoms with Crippen LogP contribution in [0.15, 0.2) is 84.9 Å². The molecule has 1 heterocycles. The van der Waals surface area contributed by atoms with E-state index >= 15 is 4.57 Å². The van der Waals surface area contributed by atoms with E-state index in [1.807, 2.05) is 60.7 Å². The maximum Gasteiger partial charge on any atom is 0.289 e. The summed E-state index contributed by atoms with van der Waals surface area (Å²) in [5.74, 6) is 2.32. The quantitative estimate of drug-likeness (QED) is 0.241. The first-order valence-corrected chi connectivity index (χ1v) is 14.5. The number of para-hydroxylation sites is 1. The molecule has 0 saturated heterocycles. The van der Waals surface area contributed by atoms with E-state index in [1.165, 1.54) is 14.2 Å². The molecular weight excluding hydrogens is 531 g/mol.